The van der Waals surface area contributed by atoms with Gasteiger partial charge in [0.05, 0.1) is 6.42 Å². The van der Waals surface area contributed by atoms with E-state index < -0.39 is 0 Å². The Hall–Kier alpha value is -2.59. The van der Waals surface area contributed by atoms with Crippen LogP contribution in [0.4, 0.5) is 0 Å². The Morgan fingerprint density at radius 2 is 1.81 bits per heavy atom. The van der Waals surface area contributed by atoms with Gasteiger partial charge in [0.2, 0.25) is 0 Å². The molecule has 1 aliphatic carbocycles. The summed E-state index contributed by atoms with van der Waals surface area (Å²) in [4.78, 5) is 24.0. The summed E-state index contributed by atoms with van der Waals surface area (Å²) in [6.07, 6.45) is 7.38. The largest absolute Gasteiger partial charge is 0.427 e. The van der Waals surface area contributed by atoms with Crippen LogP contribution in [0.15, 0.2) is 60.7 Å². The van der Waals surface area contributed by atoms with Crippen molar-refractivity contribution in [1.29, 1.82) is 0 Å². The van der Waals surface area contributed by atoms with Crippen molar-refractivity contribution in [3.63, 3.8) is 0 Å². The third-order valence-corrected chi connectivity index (χ3v) is 4.75. The van der Waals surface area contributed by atoms with Gasteiger partial charge < -0.3 is 10.1 Å². The molecule has 4 nitrogen and oxygen atoms in total. The van der Waals surface area contributed by atoms with Crippen molar-refractivity contribution in [1.82, 2.24) is 5.32 Å². The highest BCUT2D eigenvalue weighted by Gasteiger charge is 2.15. The van der Waals surface area contributed by atoms with Crippen LogP contribution in [0.25, 0.3) is 0 Å². The molecule has 0 bridgehead atoms. The maximum absolute atomic E-state index is 12.0. The first-order chi connectivity index (χ1) is 13.1. The van der Waals surface area contributed by atoms with Gasteiger partial charge in [-0.15, -0.1) is 0 Å². The lowest BCUT2D eigenvalue weighted by atomic mass is 10.1. The SMILES string of the molecule is O=C(C[C@H]1C=CCC1)Oc1ccc(CCNC(=O)c2ccc(Cl)cc2)cc1. The molecule has 0 fully saturated rings. The highest BCUT2D eigenvalue weighted by atomic mass is 35.5. The average molecular weight is 384 g/mol. The maximum Gasteiger partial charge on any atom is 0.311 e. The Bertz CT molecular complexity index is 812. The van der Waals surface area contributed by atoms with Gasteiger partial charge in [0.1, 0.15) is 5.75 Å². The van der Waals surface area contributed by atoms with Gasteiger partial charge in [0, 0.05) is 17.1 Å². The van der Waals surface area contributed by atoms with Crippen molar-refractivity contribution in [2.75, 3.05) is 6.54 Å². The van der Waals surface area contributed by atoms with Crippen LogP contribution in [-0.4, -0.2) is 18.4 Å². The van der Waals surface area contributed by atoms with E-state index in [4.69, 9.17) is 16.3 Å². The summed E-state index contributed by atoms with van der Waals surface area (Å²) < 4.78 is 5.39. The van der Waals surface area contributed by atoms with Crippen molar-refractivity contribution in [3.05, 3.63) is 76.8 Å². The lowest BCUT2D eigenvalue weighted by molar-refractivity contribution is -0.135. The van der Waals surface area contributed by atoms with Gasteiger partial charge in [-0.05, 0) is 67.1 Å². The number of halogens is 1. The smallest absolute Gasteiger partial charge is 0.311 e. The van der Waals surface area contributed by atoms with E-state index in [2.05, 4.69) is 17.5 Å². The van der Waals surface area contributed by atoms with Crippen LogP contribution < -0.4 is 10.1 Å². The van der Waals surface area contributed by atoms with Gasteiger partial charge in [-0.25, -0.2) is 0 Å². The molecule has 0 saturated heterocycles. The number of amides is 1. The molecule has 0 aromatic heterocycles. The number of esters is 1. The fourth-order valence-corrected chi connectivity index (χ4v) is 3.13. The summed E-state index contributed by atoms with van der Waals surface area (Å²) in [5.41, 5.74) is 1.64. The second kappa shape index (κ2) is 9.38. The fourth-order valence-electron chi connectivity index (χ4n) is 3.00. The first-order valence-corrected chi connectivity index (χ1v) is 9.48. The molecule has 2 aromatic rings. The van der Waals surface area contributed by atoms with Crippen molar-refractivity contribution in [2.45, 2.75) is 25.7 Å². The molecule has 27 heavy (non-hydrogen) atoms. The molecule has 0 radical (unpaired) electrons. The number of nitrogens with one attached hydrogen (secondary N) is 1. The van der Waals surface area contributed by atoms with Crippen LogP contribution in [0.2, 0.25) is 5.02 Å². The molecule has 0 aliphatic heterocycles. The Balaban J connectivity index is 1.42. The number of ether oxygens (including phenoxy) is 1. The van der Waals surface area contributed by atoms with Crippen LogP contribution in [0.5, 0.6) is 5.75 Å². The van der Waals surface area contributed by atoms with Crippen molar-refractivity contribution in [3.8, 4) is 5.75 Å². The maximum atomic E-state index is 12.0. The quantitative estimate of drug-likeness (QED) is 0.432. The van der Waals surface area contributed by atoms with Gasteiger partial charge >= 0.3 is 5.97 Å². The molecule has 1 amide bonds. The molecule has 0 unspecified atom stereocenters. The third-order valence-electron chi connectivity index (χ3n) is 4.50. The highest BCUT2D eigenvalue weighted by Crippen LogP contribution is 2.22. The van der Waals surface area contributed by atoms with Gasteiger partial charge in [-0.1, -0.05) is 35.9 Å². The van der Waals surface area contributed by atoms with Crippen molar-refractivity contribution in [2.24, 2.45) is 5.92 Å². The first kappa shape index (κ1) is 19.2. The number of hydrogen-bond donors (Lipinski definition) is 1. The number of benzene rings is 2. The minimum atomic E-state index is -0.200. The first-order valence-electron chi connectivity index (χ1n) is 9.10. The molecule has 0 spiro atoms. The average Bonchev–Trinajstić information content (AvgIpc) is 3.16. The molecule has 1 atom stereocenters. The van der Waals surface area contributed by atoms with E-state index in [0.29, 0.717) is 41.6 Å². The number of hydrogen-bond acceptors (Lipinski definition) is 3. The summed E-state index contributed by atoms with van der Waals surface area (Å²) in [5.74, 6) is 0.532. The van der Waals surface area contributed by atoms with Crippen LogP contribution >= 0.6 is 11.6 Å². The second-order valence-electron chi connectivity index (χ2n) is 6.60. The van der Waals surface area contributed by atoms with Gasteiger partial charge in [0.15, 0.2) is 0 Å². The Morgan fingerprint density at radius 3 is 2.48 bits per heavy atom. The summed E-state index contributed by atoms with van der Waals surface area (Å²) in [6.45, 7) is 0.522. The molecular formula is C22H22ClNO3. The van der Waals surface area contributed by atoms with E-state index in [9.17, 15) is 9.59 Å². The van der Waals surface area contributed by atoms with E-state index in [-0.39, 0.29) is 11.9 Å². The van der Waals surface area contributed by atoms with Crippen LogP contribution in [-0.2, 0) is 11.2 Å². The predicted molar refractivity (Wildman–Crippen MR) is 106 cm³/mol. The minimum Gasteiger partial charge on any atom is -0.427 e. The molecule has 1 N–H and O–H groups in total. The molecule has 5 heteroatoms. The normalized spacial score (nSPS) is 15.5. The Labute approximate surface area is 164 Å². The van der Waals surface area contributed by atoms with Gasteiger partial charge in [-0.3, -0.25) is 9.59 Å². The summed E-state index contributed by atoms with van der Waals surface area (Å²) in [6, 6.07) is 14.2. The molecule has 0 saturated carbocycles. The highest BCUT2D eigenvalue weighted by molar-refractivity contribution is 6.30. The monoisotopic (exact) mass is 383 g/mol. The molecule has 1 aliphatic rings. The molecular weight excluding hydrogens is 362 g/mol. The summed E-state index contributed by atoms with van der Waals surface area (Å²) in [5, 5.41) is 3.48. The zero-order chi connectivity index (χ0) is 19.1. The number of rotatable bonds is 7. The van der Waals surface area contributed by atoms with E-state index in [1.165, 1.54) is 0 Å². The standard InChI is InChI=1S/C22H22ClNO3/c23-19-9-7-18(8-10-19)22(26)24-14-13-16-5-11-20(12-6-16)27-21(25)15-17-3-1-2-4-17/h1,3,5-12,17H,2,4,13-15H2,(H,24,26)/t17-/m0/s1. The minimum absolute atomic E-state index is 0.127. The number of allylic oxidation sites excluding steroid dienone is 2. The topological polar surface area (TPSA) is 55.4 Å². The van der Waals surface area contributed by atoms with E-state index >= 15 is 0 Å². The zero-order valence-corrected chi connectivity index (χ0v) is 15.7. The summed E-state index contributed by atoms with van der Waals surface area (Å²) in [7, 11) is 0. The number of carbonyl (C=O) groups excluding carboxylic acids is 2. The Kier molecular flexibility index (Phi) is 6.66. The van der Waals surface area contributed by atoms with Gasteiger partial charge in [-0.2, -0.15) is 0 Å². The van der Waals surface area contributed by atoms with E-state index in [1.54, 1.807) is 36.4 Å². The lowest BCUT2D eigenvalue weighted by Gasteiger charge is -2.09. The molecule has 140 valence electrons. The lowest BCUT2D eigenvalue weighted by Crippen LogP contribution is -2.25. The second-order valence-corrected chi connectivity index (χ2v) is 7.04. The predicted octanol–water partition coefficient (Wildman–Crippen LogP) is 4.57. The van der Waals surface area contributed by atoms with Crippen LogP contribution in [0.1, 0.15) is 35.2 Å². The number of carbonyl (C=O) groups is 2. The third kappa shape index (κ3) is 5.97. The fraction of sp³-hybridized carbons (Fsp3) is 0.273. The summed E-state index contributed by atoms with van der Waals surface area (Å²) >= 11 is 5.82. The molecule has 2 aromatic carbocycles. The molecule has 3 rings (SSSR count). The zero-order valence-electron chi connectivity index (χ0n) is 15.0. The van der Waals surface area contributed by atoms with Crippen molar-refractivity contribution >= 4 is 23.5 Å². The van der Waals surface area contributed by atoms with E-state index in [0.717, 1.165) is 18.4 Å². The molecule has 0 heterocycles. The van der Waals surface area contributed by atoms with Crippen LogP contribution in [0, 0.1) is 5.92 Å². The van der Waals surface area contributed by atoms with E-state index in [1.807, 2.05) is 12.1 Å². The van der Waals surface area contributed by atoms with Gasteiger partial charge in [0.25, 0.3) is 5.91 Å². The van der Waals surface area contributed by atoms with Crippen LogP contribution in [0.3, 0.4) is 0 Å². The van der Waals surface area contributed by atoms with Crippen molar-refractivity contribution < 1.29 is 14.3 Å². The Morgan fingerprint density at radius 1 is 1.07 bits per heavy atom.